The van der Waals surface area contributed by atoms with E-state index in [0.717, 1.165) is 0 Å². The quantitative estimate of drug-likeness (QED) is 0.163. The van der Waals surface area contributed by atoms with Crippen molar-refractivity contribution >= 4 is 98.5 Å². The Kier molecular flexibility index (Phi) is 10.00. The van der Waals surface area contributed by atoms with Crippen molar-refractivity contribution in [2.24, 2.45) is 0 Å². The Morgan fingerprint density at radius 2 is 1.04 bits per heavy atom. The van der Waals surface area contributed by atoms with Crippen LogP contribution in [0.1, 0.15) is 156 Å². The van der Waals surface area contributed by atoms with Crippen molar-refractivity contribution in [2.45, 2.75) is 155 Å². The van der Waals surface area contributed by atoms with Crippen LogP contribution in [0, 0.1) is 0 Å². The fraction of sp³-hybridized carbons (Fsp3) is 0.353. The molecule has 73 heavy (non-hydrogen) atoms. The zero-order valence-corrected chi connectivity index (χ0v) is 47.4. The lowest BCUT2D eigenvalue weighted by Crippen LogP contribution is -2.60. The lowest BCUT2D eigenvalue weighted by molar-refractivity contribution is 0.332. The molecular formula is C68H71BN2S2. The molecule has 4 heterocycles. The molecule has 0 bridgehead atoms. The van der Waals surface area contributed by atoms with Gasteiger partial charge in [0.2, 0.25) is 0 Å². The number of benzene rings is 7. The monoisotopic (exact) mass is 991 g/mol. The van der Waals surface area contributed by atoms with Gasteiger partial charge in [-0.05, 0) is 163 Å². The maximum absolute atomic E-state index is 2.81. The number of rotatable bonds is 3. The van der Waals surface area contributed by atoms with Gasteiger partial charge in [-0.25, -0.2) is 0 Å². The second-order valence-corrected chi connectivity index (χ2v) is 29.2. The molecule has 0 radical (unpaired) electrons. The van der Waals surface area contributed by atoms with E-state index in [0.29, 0.717) is 0 Å². The first-order valence-electron chi connectivity index (χ1n) is 27.1. The van der Waals surface area contributed by atoms with E-state index < -0.39 is 0 Å². The standard InChI is InChI=1S/C68H71BN2S2/c1-63(2,3)41-24-28-53(45(34-41)40-20-16-15-17-21-40)70-55-38-46-44-22-18-19-23-56(44)72-61(46)58-47-35-42(64(4,5)6)25-29-54(47)71(43-26-27-49-50(36-43)66(9,10)31-30-65(49,7)8)69(59(55)58)62-60(70)48-37-51-52(39-57(48)73-62)68(13,14)33-32-67(51,11)12/h15-29,34-39H,30-33H2,1-14H3. The first kappa shape index (κ1) is 47.1. The van der Waals surface area contributed by atoms with Gasteiger partial charge in [0.05, 0.1) is 11.4 Å². The van der Waals surface area contributed by atoms with E-state index in [1.807, 2.05) is 11.3 Å². The third-order valence-electron chi connectivity index (χ3n) is 18.3. The third kappa shape index (κ3) is 6.99. The molecular weight excluding hydrogens is 920 g/mol. The molecule has 0 saturated heterocycles. The molecule has 2 aliphatic heterocycles. The highest BCUT2D eigenvalue weighted by molar-refractivity contribution is 7.33. The second-order valence-electron chi connectivity index (χ2n) is 27.1. The zero-order chi connectivity index (χ0) is 51.1. The van der Waals surface area contributed by atoms with Crippen molar-refractivity contribution in [3.63, 3.8) is 0 Å². The minimum Gasteiger partial charge on any atom is -0.376 e. The van der Waals surface area contributed by atoms with Crippen LogP contribution in [0.3, 0.4) is 0 Å². The highest BCUT2D eigenvalue weighted by Crippen LogP contribution is 2.58. The van der Waals surface area contributed by atoms with Gasteiger partial charge in [-0.2, -0.15) is 0 Å². The summed E-state index contributed by atoms with van der Waals surface area (Å²) in [7, 11) is 0. The van der Waals surface area contributed by atoms with Crippen molar-refractivity contribution in [3.8, 4) is 22.3 Å². The van der Waals surface area contributed by atoms with Gasteiger partial charge in [0.1, 0.15) is 0 Å². The normalized spacial score (nSPS) is 18.1. The first-order valence-corrected chi connectivity index (χ1v) is 28.8. The average Bonchev–Trinajstić information content (AvgIpc) is 3.92. The average molecular weight is 991 g/mol. The van der Waals surface area contributed by atoms with Crippen LogP contribution < -0.4 is 20.0 Å². The molecule has 0 fully saturated rings. The summed E-state index contributed by atoms with van der Waals surface area (Å²) in [5, 5.41) is 4.04. The molecule has 7 aromatic carbocycles. The Balaban J connectivity index is 1.23. The van der Waals surface area contributed by atoms with Gasteiger partial charge in [-0.1, -0.05) is 164 Å². The lowest BCUT2D eigenvalue weighted by atomic mass is 9.46. The summed E-state index contributed by atoms with van der Waals surface area (Å²) >= 11 is 4.04. The molecule has 2 nitrogen and oxygen atoms in total. The summed E-state index contributed by atoms with van der Waals surface area (Å²) in [5.41, 5.74) is 22.0. The van der Waals surface area contributed by atoms with Crippen LogP contribution in [0.5, 0.6) is 0 Å². The highest BCUT2D eigenvalue weighted by Gasteiger charge is 2.50. The van der Waals surface area contributed by atoms with Crippen molar-refractivity contribution < 1.29 is 0 Å². The van der Waals surface area contributed by atoms with E-state index in [1.165, 1.54) is 150 Å². The number of hydrogen-bond acceptors (Lipinski definition) is 4. The summed E-state index contributed by atoms with van der Waals surface area (Å²) in [5.74, 6) is 0. The molecule has 5 heteroatoms. The fourth-order valence-electron chi connectivity index (χ4n) is 13.5. The fourth-order valence-corrected chi connectivity index (χ4v) is 16.1. The van der Waals surface area contributed by atoms with E-state index in [4.69, 9.17) is 0 Å². The van der Waals surface area contributed by atoms with Crippen LogP contribution in [0.2, 0.25) is 0 Å². The smallest absolute Gasteiger partial charge is 0.343 e. The van der Waals surface area contributed by atoms with E-state index in [2.05, 4.69) is 245 Å². The minimum atomic E-state index is -0.0823. The maximum atomic E-state index is 2.81. The molecule has 4 aliphatic rings. The Morgan fingerprint density at radius 1 is 0.466 bits per heavy atom. The van der Waals surface area contributed by atoms with E-state index in [-0.39, 0.29) is 39.3 Å². The Bertz CT molecular complexity index is 3790. The molecule has 13 rings (SSSR count). The van der Waals surface area contributed by atoms with Gasteiger partial charge in [-0.15, -0.1) is 22.7 Å². The van der Waals surface area contributed by atoms with Crippen molar-refractivity contribution in [3.05, 3.63) is 161 Å². The minimum absolute atomic E-state index is 0.0337. The molecule has 0 unspecified atom stereocenters. The van der Waals surface area contributed by atoms with Crippen molar-refractivity contribution in [2.75, 3.05) is 9.71 Å². The largest absolute Gasteiger partial charge is 0.376 e. The molecule has 0 atom stereocenters. The van der Waals surface area contributed by atoms with Gasteiger partial charge in [0, 0.05) is 68.8 Å². The van der Waals surface area contributed by atoms with Crippen molar-refractivity contribution in [1.82, 2.24) is 0 Å². The zero-order valence-electron chi connectivity index (χ0n) is 45.7. The first-order chi connectivity index (χ1) is 34.4. The molecule has 0 saturated carbocycles. The van der Waals surface area contributed by atoms with Crippen LogP contribution in [0.4, 0.5) is 28.4 Å². The molecule has 0 amide bonds. The van der Waals surface area contributed by atoms with Gasteiger partial charge in [-0.3, -0.25) is 0 Å². The Hall–Kier alpha value is -5.62. The van der Waals surface area contributed by atoms with Gasteiger partial charge in [0.15, 0.2) is 0 Å². The van der Waals surface area contributed by atoms with E-state index in [1.54, 1.807) is 0 Å². The van der Waals surface area contributed by atoms with Crippen LogP contribution >= 0.6 is 22.7 Å². The lowest BCUT2D eigenvalue weighted by Gasteiger charge is -2.47. The number of thiophene rings is 2. The molecule has 0 N–H and O–H groups in total. The van der Waals surface area contributed by atoms with Gasteiger partial charge in [0.25, 0.3) is 0 Å². The van der Waals surface area contributed by atoms with E-state index in [9.17, 15) is 0 Å². The van der Waals surface area contributed by atoms with Crippen LogP contribution in [0.25, 0.3) is 52.5 Å². The molecule has 2 aromatic heterocycles. The Labute approximate surface area is 443 Å². The predicted octanol–water partition coefficient (Wildman–Crippen LogP) is 18.9. The van der Waals surface area contributed by atoms with Gasteiger partial charge >= 0.3 is 6.85 Å². The summed E-state index contributed by atoms with van der Waals surface area (Å²) in [6, 6.07) is 50.9. The topological polar surface area (TPSA) is 6.48 Å². The van der Waals surface area contributed by atoms with Crippen molar-refractivity contribution in [1.29, 1.82) is 0 Å². The molecule has 0 spiro atoms. The van der Waals surface area contributed by atoms with E-state index >= 15 is 0 Å². The number of fused-ring (bicyclic) bond motifs is 12. The number of hydrogen-bond donors (Lipinski definition) is 0. The SMILES string of the molecule is CC(C)(C)c1ccc2c(c1)-c1c3c(cc4c1sc1ccccc14)N(c1ccc(C(C)(C)C)cc1-c1ccccc1)c1c(sc4cc5c(cc14)C(C)(C)CCC5(C)C)B3N2c1ccc2c(c1)C(C)(C)CCC2(C)C. The van der Waals surface area contributed by atoms with Gasteiger partial charge < -0.3 is 9.71 Å². The summed E-state index contributed by atoms with van der Waals surface area (Å²) in [4.78, 5) is 5.58. The summed E-state index contributed by atoms with van der Waals surface area (Å²) in [6.45, 7) is 34.0. The highest BCUT2D eigenvalue weighted by atomic mass is 32.1. The summed E-state index contributed by atoms with van der Waals surface area (Å²) < 4.78 is 5.53. The number of anilines is 5. The third-order valence-corrected chi connectivity index (χ3v) is 20.7. The molecule has 2 aliphatic carbocycles. The predicted molar refractivity (Wildman–Crippen MR) is 322 cm³/mol. The van der Waals surface area contributed by atoms with Crippen LogP contribution in [-0.2, 0) is 32.5 Å². The summed E-state index contributed by atoms with van der Waals surface area (Å²) in [6.07, 6.45) is 4.72. The molecule has 368 valence electrons. The molecule has 9 aromatic rings. The Morgan fingerprint density at radius 3 is 1.70 bits per heavy atom. The maximum Gasteiger partial charge on any atom is 0.343 e. The second kappa shape index (κ2) is 15.5. The van der Waals surface area contributed by atoms with Crippen LogP contribution in [-0.4, -0.2) is 6.85 Å². The van der Waals surface area contributed by atoms with Crippen LogP contribution in [0.15, 0.2) is 127 Å². The number of nitrogens with zero attached hydrogens (tertiary/aromatic N) is 2.